The van der Waals surface area contributed by atoms with Gasteiger partial charge in [-0.1, -0.05) is 29.8 Å². The zero-order valence-corrected chi connectivity index (χ0v) is 19.1. The van der Waals surface area contributed by atoms with Crippen LogP contribution in [0.3, 0.4) is 0 Å². The van der Waals surface area contributed by atoms with Gasteiger partial charge in [-0.15, -0.1) is 0 Å². The Labute approximate surface area is 200 Å². The highest BCUT2D eigenvalue weighted by molar-refractivity contribution is 6.30. The fraction of sp³-hybridized carbons (Fsp3) is 0.240. The molecule has 1 aliphatic heterocycles. The van der Waals surface area contributed by atoms with Crippen LogP contribution in [0.5, 0.6) is 5.75 Å². The molecule has 1 heterocycles. The van der Waals surface area contributed by atoms with Crippen LogP contribution in [0.4, 0.5) is 24.5 Å². The molecule has 0 bridgehead atoms. The Hall–Kier alpha value is -3.23. The Morgan fingerprint density at radius 2 is 1.85 bits per heavy atom. The quantitative estimate of drug-likeness (QED) is 0.493. The average molecular weight is 490 g/mol. The number of anilines is 2. The number of hydrogen-bond donors (Lipinski definition) is 1. The van der Waals surface area contributed by atoms with Crippen LogP contribution in [0.1, 0.15) is 11.1 Å². The lowest BCUT2D eigenvalue weighted by Gasteiger charge is -2.26. The van der Waals surface area contributed by atoms with Crippen molar-refractivity contribution in [3.05, 3.63) is 88.9 Å². The molecule has 1 fully saturated rings. The predicted octanol–water partition coefficient (Wildman–Crippen LogP) is 5.54. The number of hydrazine groups is 1. The second-order valence-electron chi connectivity index (χ2n) is 7.97. The van der Waals surface area contributed by atoms with E-state index in [4.69, 9.17) is 16.3 Å². The lowest BCUT2D eigenvalue weighted by atomic mass is 10.1. The normalized spacial score (nSPS) is 15.9. The van der Waals surface area contributed by atoms with Crippen molar-refractivity contribution in [2.24, 2.45) is 5.92 Å². The van der Waals surface area contributed by atoms with Gasteiger partial charge in [0.1, 0.15) is 5.75 Å². The Balaban J connectivity index is 1.56. The van der Waals surface area contributed by atoms with Gasteiger partial charge in [0, 0.05) is 23.8 Å². The van der Waals surface area contributed by atoms with Gasteiger partial charge in [0.2, 0.25) is 5.91 Å². The van der Waals surface area contributed by atoms with Crippen molar-refractivity contribution in [1.82, 2.24) is 5.43 Å². The summed E-state index contributed by atoms with van der Waals surface area (Å²) in [7, 11) is 1.57. The summed E-state index contributed by atoms with van der Waals surface area (Å²) < 4.78 is 44.6. The molecule has 9 heteroatoms. The van der Waals surface area contributed by atoms with E-state index in [0.717, 1.165) is 17.7 Å². The summed E-state index contributed by atoms with van der Waals surface area (Å²) in [6, 6.07) is 19.5. The molecule has 0 spiro atoms. The largest absolute Gasteiger partial charge is 0.497 e. The lowest BCUT2D eigenvalue weighted by Crippen LogP contribution is -2.38. The first-order valence-electron chi connectivity index (χ1n) is 10.6. The number of nitrogens with one attached hydrogen (secondary N) is 1. The molecular weight excluding hydrogens is 467 g/mol. The minimum atomic E-state index is -4.44. The monoisotopic (exact) mass is 489 g/mol. The summed E-state index contributed by atoms with van der Waals surface area (Å²) in [6.07, 6.45) is -4.44. The zero-order valence-electron chi connectivity index (χ0n) is 18.3. The van der Waals surface area contributed by atoms with Gasteiger partial charge < -0.3 is 14.6 Å². The molecule has 4 rings (SSSR count). The molecule has 3 aromatic carbocycles. The number of rotatable bonds is 6. The molecule has 1 unspecified atom stereocenters. The van der Waals surface area contributed by atoms with Crippen LogP contribution in [-0.2, 0) is 17.5 Å². The Bertz CT molecular complexity index is 1150. The molecule has 0 aliphatic carbocycles. The van der Waals surface area contributed by atoms with Gasteiger partial charge in [0.05, 0.1) is 30.8 Å². The third kappa shape index (κ3) is 5.46. The van der Waals surface area contributed by atoms with E-state index < -0.39 is 17.7 Å². The number of alkyl halides is 3. The first kappa shape index (κ1) is 23.9. The van der Waals surface area contributed by atoms with Gasteiger partial charge in [-0.25, -0.2) is 5.43 Å². The van der Waals surface area contributed by atoms with Crippen LogP contribution >= 0.6 is 11.6 Å². The number of nitrogens with zero attached hydrogens (tertiary/aromatic N) is 2. The molecule has 1 amide bonds. The van der Waals surface area contributed by atoms with Gasteiger partial charge in [-0.3, -0.25) is 4.79 Å². The number of benzene rings is 3. The maximum absolute atomic E-state index is 13.6. The van der Waals surface area contributed by atoms with Crippen LogP contribution in [0.15, 0.2) is 72.8 Å². The van der Waals surface area contributed by atoms with E-state index in [-0.39, 0.29) is 12.5 Å². The fourth-order valence-corrected chi connectivity index (χ4v) is 4.09. The summed E-state index contributed by atoms with van der Waals surface area (Å²) >= 11 is 6.14. The molecule has 1 N–H and O–H groups in total. The molecule has 3 aromatic rings. The predicted molar refractivity (Wildman–Crippen MR) is 126 cm³/mol. The van der Waals surface area contributed by atoms with Crippen LogP contribution in [0, 0.1) is 5.92 Å². The Morgan fingerprint density at radius 3 is 2.53 bits per heavy atom. The lowest BCUT2D eigenvalue weighted by molar-refractivity contribution is -0.137. The van der Waals surface area contributed by atoms with Crippen LogP contribution in [0.25, 0.3) is 0 Å². The van der Waals surface area contributed by atoms with Crippen molar-refractivity contribution < 1.29 is 22.7 Å². The Morgan fingerprint density at radius 1 is 1.12 bits per heavy atom. The van der Waals surface area contributed by atoms with Gasteiger partial charge in [-0.05, 0) is 60.2 Å². The summed E-state index contributed by atoms with van der Waals surface area (Å²) in [5.74, 6) is 0.0557. The van der Waals surface area contributed by atoms with Crippen LogP contribution < -0.4 is 20.1 Å². The van der Waals surface area contributed by atoms with E-state index in [2.05, 4.69) is 5.43 Å². The molecule has 0 saturated carbocycles. The molecular formula is C25H23ClF3N3O2. The van der Waals surface area contributed by atoms with E-state index in [1.807, 2.05) is 12.1 Å². The van der Waals surface area contributed by atoms with Crippen molar-refractivity contribution in [3.63, 3.8) is 0 Å². The molecule has 34 heavy (non-hydrogen) atoms. The van der Waals surface area contributed by atoms with Crippen LogP contribution in [-0.4, -0.2) is 26.1 Å². The Kier molecular flexibility index (Phi) is 7.00. The summed E-state index contributed by atoms with van der Waals surface area (Å²) in [6.45, 7) is 0.839. The molecule has 1 atom stereocenters. The minimum absolute atomic E-state index is 0.146. The van der Waals surface area contributed by atoms with Gasteiger partial charge >= 0.3 is 6.18 Å². The summed E-state index contributed by atoms with van der Waals surface area (Å²) in [5.41, 5.74) is 4.22. The van der Waals surface area contributed by atoms with Crippen molar-refractivity contribution in [3.8, 4) is 5.75 Å². The van der Waals surface area contributed by atoms with Gasteiger partial charge in [-0.2, -0.15) is 13.2 Å². The van der Waals surface area contributed by atoms with E-state index in [9.17, 15) is 18.0 Å². The molecule has 1 aliphatic rings. The second kappa shape index (κ2) is 9.95. The highest BCUT2D eigenvalue weighted by atomic mass is 35.5. The summed E-state index contributed by atoms with van der Waals surface area (Å²) in [5, 5.41) is 2.15. The van der Waals surface area contributed by atoms with Crippen molar-refractivity contribution in [2.45, 2.75) is 12.7 Å². The molecule has 5 nitrogen and oxygen atoms in total. The smallest absolute Gasteiger partial charge is 0.416 e. The number of halogens is 4. The standard InChI is InChI=1S/C25H23ClF3N3O2/c1-34-23-10-8-21(9-11-23)31(15-17-4-2-6-20(26)12-17)24(33)18-14-30-32(16-18)22-7-3-5-19(13-22)25(27,28)29/h2-13,18,30H,14-16H2,1H3. The minimum Gasteiger partial charge on any atom is -0.497 e. The fourth-order valence-electron chi connectivity index (χ4n) is 3.88. The number of carbonyl (C=O) groups is 1. The first-order valence-corrected chi connectivity index (χ1v) is 11.0. The maximum Gasteiger partial charge on any atom is 0.416 e. The average Bonchev–Trinajstić information content (AvgIpc) is 3.32. The number of methoxy groups -OCH3 is 1. The van der Waals surface area contributed by atoms with Gasteiger partial charge in [0.15, 0.2) is 0 Å². The van der Waals surface area contributed by atoms with Crippen LogP contribution in [0.2, 0.25) is 5.02 Å². The van der Waals surface area contributed by atoms with Gasteiger partial charge in [0.25, 0.3) is 0 Å². The SMILES string of the molecule is COc1ccc(N(Cc2cccc(Cl)c2)C(=O)C2CNN(c3cccc(C(F)(F)F)c3)C2)cc1. The number of amides is 1. The van der Waals surface area contributed by atoms with E-state index in [0.29, 0.717) is 35.2 Å². The number of ether oxygens (including phenoxy) is 1. The van der Waals surface area contributed by atoms with Crippen molar-refractivity contribution >= 4 is 28.9 Å². The highest BCUT2D eigenvalue weighted by Gasteiger charge is 2.34. The summed E-state index contributed by atoms with van der Waals surface area (Å²) in [4.78, 5) is 15.3. The topological polar surface area (TPSA) is 44.8 Å². The van der Waals surface area contributed by atoms with Crippen molar-refractivity contribution in [2.75, 3.05) is 30.1 Å². The molecule has 1 saturated heterocycles. The highest BCUT2D eigenvalue weighted by Crippen LogP contribution is 2.32. The number of hydrogen-bond acceptors (Lipinski definition) is 4. The molecule has 178 valence electrons. The third-order valence-corrected chi connectivity index (χ3v) is 5.88. The van der Waals surface area contributed by atoms with E-state index >= 15 is 0 Å². The zero-order chi connectivity index (χ0) is 24.3. The third-order valence-electron chi connectivity index (χ3n) is 5.65. The second-order valence-corrected chi connectivity index (χ2v) is 8.41. The van der Waals surface area contributed by atoms with E-state index in [1.54, 1.807) is 59.5 Å². The molecule has 0 aromatic heterocycles. The molecule has 0 radical (unpaired) electrons. The first-order chi connectivity index (χ1) is 16.2. The number of carbonyl (C=O) groups excluding carboxylic acids is 1. The van der Waals surface area contributed by atoms with E-state index in [1.165, 1.54) is 6.07 Å². The maximum atomic E-state index is 13.6. The van der Waals surface area contributed by atoms with Crippen molar-refractivity contribution in [1.29, 1.82) is 0 Å².